The molecule has 0 aliphatic carbocycles. The molecule has 0 radical (unpaired) electrons. The molecule has 7 nitrogen and oxygen atoms in total. The zero-order valence-electron chi connectivity index (χ0n) is 10.7. The minimum atomic E-state index is -4.74. The molecule has 0 bridgehead atoms. The van der Waals surface area contributed by atoms with Gasteiger partial charge in [0.05, 0.1) is 10.5 Å². The smallest absolute Gasteiger partial charge is 0.416 e. The molecule has 116 valence electrons. The number of alkyl halides is 3. The Morgan fingerprint density at radius 2 is 2.05 bits per heavy atom. The molecule has 10 heteroatoms. The lowest BCUT2D eigenvalue weighted by atomic mass is 10.1. The van der Waals surface area contributed by atoms with Gasteiger partial charge in [-0.2, -0.15) is 13.2 Å². The molecule has 1 aromatic rings. The third kappa shape index (κ3) is 4.05. The van der Waals surface area contributed by atoms with Crippen molar-refractivity contribution in [3.63, 3.8) is 0 Å². The van der Waals surface area contributed by atoms with Gasteiger partial charge in [0.25, 0.3) is 0 Å². The molecule has 0 heterocycles. The summed E-state index contributed by atoms with van der Waals surface area (Å²) in [5, 5.41) is 19.5. The fourth-order valence-corrected chi connectivity index (χ4v) is 1.25. The number of aliphatic carboxylic acids is 1. The summed E-state index contributed by atoms with van der Waals surface area (Å²) in [7, 11) is 0. The number of nitro groups is 1. The number of carboxylic acids is 1. The van der Waals surface area contributed by atoms with E-state index >= 15 is 0 Å². The van der Waals surface area contributed by atoms with Crippen molar-refractivity contribution in [1.82, 2.24) is 0 Å². The maximum atomic E-state index is 12.5. The van der Waals surface area contributed by atoms with Crippen LogP contribution in [0.15, 0.2) is 18.2 Å². The number of nitro benzene ring substituents is 1. The molecular formula is C11H11F3N2O5. The van der Waals surface area contributed by atoms with Crippen LogP contribution < -0.4 is 10.5 Å². The molecule has 0 saturated heterocycles. The van der Waals surface area contributed by atoms with Crippen molar-refractivity contribution >= 4 is 11.7 Å². The van der Waals surface area contributed by atoms with Crippen LogP contribution in [0, 0.1) is 10.1 Å². The van der Waals surface area contributed by atoms with E-state index in [4.69, 9.17) is 15.6 Å². The summed E-state index contributed by atoms with van der Waals surface area (Å²) in [5.41, 5.74) is 1.38. The highest BCUT2D eigenvalue weighted by molar-refractivity contribution is 5.78. The average molecular weight is 308 g/mol. The van der Waals surface area contributed by atoms with Gasteiger partial charge >= 0.3 is 17.8 Å². The van der Waals surface area contributed by atoms with Gasteiger partial charge in [-0.1, -0.05) is 0 Å². The number of rotatable bonds is 5. The molecule has 21 heavy (non-hydrogen) atoms. The topological polar surface area (TPSA) is 116 Å². The molecule has 0 amide bonds. The van der Waals surface area contributed by atoms with Crippen LogP contribution in [-0.2, 0) is 11.0 Å². The van der Waals surface area contributed by atoms with Gasteiger partial charge in [0.1, 0.15) is 12.1 Å². The predicted octanol–water partition coefficient (Wildman–Crippen LogP) is 1.79. The second kappa shape index (κ2) is 5.56. The molecule has 0 aliphatic heterocycles. The van der Waals surface area contributed by atoms with Crippen LogP contribution in [0.5, 0.6) is 5.75 Å². The van der Waals surface area contributed by atoms with Crippen LogP contribution in [0.3, 0.4) is 0 Å². The minimum Gasteiger partial charge on any atom is -0.484 e. The second-order valence-corrected chi connectivity index (χ2v) is 4.45. The molecule has 0 fully saturated rings. The van der Waals surface area contributed by atoms with E-state index in [-0.39, 0.29) is 0 Å². The van der Waals surface area contributed by atoms with Crippen LogP contribution in [0.2, 0.25) is 0 Å². The standard InChI is InChI=1S/C11H11F3N2O5/c1-10(15,9(17)18)5-21-8-3-2-6(11(12,13)14)4-7(8)16(19)20/h2-4H,5,15H2,1H3,(H,17,18). The zero-order chi connectivity index (χ0) is 16.4. The van der Waals surface area contributed by atoms with E-state index in [9.17, 15) is 28.1 Å². The molecule has 0 saturated carbocycles. The van der Waals surface area contributed by atoms with Gasteiger partial charge in [-0.15, -0.1) is 0 Å². The molecule has 0 aromatic heterocycles. The van der Waals surface area contributed by atoms with E-state index in [0.717, 1.165) is 13.0 Å². The zero-order valence-corrected chi connectivity index (χ0v) is 10.7. The lowest BCUT2D eigenvalue weighted by molar-refractivity contribution is -0.386. The summed E-state index contributed by atoms with van der Waals surface area (Å²) in [6.45, 7) is 0.458. The maximum Gasteiger partial charge on any atom is 0.416 e. The van der Waals surface area contributed by atoms with E-state index in [1.54, 1.807) is 0 Å². The first-order valence-electron chi connectivity index (χ1n) is 5.46. The Hall–Kier alpha value is -2.36. The van der Waals surface area contributed by atoms with Gasteiger partial charge in [0.2, 0.25) is 0 Å². The van der Waals surface area contributed by atoms with Gasteiger partial charge in [-0.3, -0.25) is 14.9 Å². The van der Waals surface area contributed by atoms with E-state index in [1.165, 1.54) is 0 Å². The molecule has 1 rings (SSSR count). The first-order chi connectivity index (χ1) is 9.45. The highest BCUT2D eigenvalue weighted by Gasteiger charge is 2.34. The highest BCUT2D eigenvalue weighted by atomic mass is 19.4. The number of nitrogens with two attached hydrogens (primary N) is 1. The lowest BCUT2D eigenvalue weighted by Gasteiger charge is -2.19. The average Bonchev–Trinajstić information content (AvgIpc) is 2.34. The molecular weight excluding hydrogens is 297 g/mol. The first-order valence-corrected chi connectivity index (χ1v) is 5.46. The molecule has 0 spiro atoms. The summed E-state index contributed by atoms with van der Waals surface area (Å²) in [5.74, 6) is -1.91. The first kappa shape index (κ1) is 16.7. The van der Waals surface area contributed by atoms with Gasteiger partial charge in [-0.25, -0.2) is 0 Å². The van der Waals surface area contributed by atoms with Gasteiger partial charge < -0.3 is 15.6 Å². The van der Waals surface area contributed by atoms with E-state index in [2.05, 4.69) is 0 Å². The number of hydrogen-bond donors (Lipinski definition) is 2. The van der Waals surface area contributed by atoms with Crippen molar-refractivity contribution in [3.8, 4) is 5.75 Å². The Morgan fingerprint density at radius 3 is 2.48 bits per heavy atom. The van der Waals surface area contributed by atoms with Crippen LogP contribution >= 0.6 is 0 Å². The second-order valence-electron chi connectivity index (χ2n) is 4.45. The third-order valence-corrected chi connectivity index (χ3v) is 2.50. The monoisotopic (exact) mass is 308 g/mol. The summed E-state index contributed by atoms with van der Waals surface area (Å²) >= 11 is 0. The molecule has 3 N–H and O–H groups in total. The molecule has 1 atom stereocenters. The Kier molecular flexibility index (Phi) is 4.42. The molecule has 1 unspecified atom stereocenters. The van der Waals surface area contributed by atoms with Crippen molar-refractivity contribution in [2.75, 3.05) is 6.61 Å². The van der Waals surface area contributed by atoms with Crippen LogP contribution in [0.1, 0.15) is 12.5 Å². The summed E-state index contributed by atoms with van der Waals surface area (Å²) in [6, 6.07) is 1.65. The van der Waals surface area contributed by atoms with Crippen molar-refractivity contribution in [2.45, 2.75) is 18.6 Å². The predicted molar refractivity (Wildman–Crippen MR) is 63.8 cm³/mol. The van der Waals surface area contributed by atoms with Gasteiger partial charge in [0, 0.05) is 6.07 Å². The fourth-order valence-electron chi connectivity index (χ4n) is 1.25. The number of benzene rings is 1. The van der Waals surface area contributed by atoms with Crippen molar-refractivity contribution in [1.29, 1.82) is 0 Å². The van der Waals surface area contributed by atoms with Crippen molar-refractivity contribution in [3.05, 3.63) is 33.9 Å². The maximum absolute atomic E-state index is 12.5. The number of hydrogen-bond acceptors (Lipinski definition) is 5. The van der Waals surface area contributed by atoms with Crippen molar-refractivity contribution in [2.24, 2.45) is 5.73 Å². The number of nitrogens with zero attached hydrogens (tertiary/aromatic N) is 1. The minimum absolute atomic E-state index is 0.309. The van der Waals surface area contributed by atoms with E-state index < -0.39 is 46.2 Å². The molecule has 0 aliphatic rings. The normalized spacial score (nSPS) is 14.3. The Balaban J connectivity index is 3.09. The summed E-state index contributed by atoms with van der Waals surface area (Å²) in [6.07, 6.45) is -4.74. The summed E-state index contributed by atoms with van der Waals surface area (Å²) < 4.78 is 42.3. The number of ether oxygens (including phenoxy) is 1. The van der Waals surface area contributed by atoms with Crippen LogP contribution in [0.25, 0.3) is 0 Å². The number of carboxylic acid groups (broad SMARTS) is 1. The largest absolute Gasteiger partial charge is 0.484 e. The third-order valence-electron chi connectivity index (χ3n) is 2.50. The number of carbonyl (C=O) groups is 1. The molecule has 1 aromatic carbocycles. The summed E-state index contributed by atoms with van der Waals surface area (Å²) in [4.78, 5) is 20.5. The van der Waals surface area contributed by atoms with Gasteiger partial charge in [0.15, 0.2) is 5.75 Å². The number of halogens is 3. The van der Waals surface area contributed by atoms with Crippen LogP contribution in [-0.4, -0.2) is 28.1 Å². The Morgan fingerprint density at radius 1 is 1.48 bits per heavy atom. The fraction of sp³-hybridized carbons (Fsp3) is 0.364. The quantitative estimate of drug-likeness (QED) is 0.633. The highest BCUT2D eigenvalue weighted by Crippen LogP contribution is 2.36. The van der Waals surface area contributed by atoms with E-state index in [0.29, 0.717) is 12.1 Å². The van der Waals surface area contributed by atoms with Crippen molar-refractivity contribution < 1.29 is 32.7 Å². The van der Waals surface area contributed by atoms with E-state index in [1.807, 2.05) is 0 Å². The SMILES string of the molecule is CC(N)(COc1ccc(C(F)(F)F)cc1[N+](=O)[O-])C(=O)O. The Labute approximate surface area is 116 Å². The van der Waals surface area contributed by atoms with Crippen LogP contribution in [0.4, 0.5) is 18.9 Å². The Bertz CT molecular complexity index is 571. The van der Waals surface area contributed by atoms with Gasteiger partial charge in [-0.05, 0) is 19.1 Å². The lowest BCUT2D eigenvalue weighted by Crippen LogP contribution is -2.50.